The molecular weight excluding hydrogens is 384 g/mol. The fraction of sp³-hybridized carbons (Fsp3) is 0.348. The van der Waals surface area contributed by atoms with E-state index >= 15 is 0 Å². The van der Waals surface area contributed by atoms with E-state index in [9.17, 15) is 14.7 Å². The van der Waals surface area contributed by atoms with Crippen LogP contribution < -0.4 is 14.6 Å². The van der Waals surface area contributed by atoms with Gasteiger partial charge < -0.3 is 19.4 Å². The van der Waals surface area contributed by atoms with Crippen LogP contribution in [0.5, 0.6) is 11.5 Å². The summed E-state index contributed by atoms with van der Waals surface area (Å²) in [7, 11) is 3.15. The van der Waals surface area contributed by atoms with E-state index in [2.05, 4.69) is 5.10 Å². The molecule has 30 heavy (non-hydrogen) atoms. The molecule has 1 heterocycles. The van der Waals surface area contributed by atoms with Crippen molar-refractivity contribution in [1.29, 1.82) is 0 Å². The van der Waals surface area contributed by atoms with E-state index in [4.69, 9.17) is 9.47 Å². The zero-order valence-corrected chi connectivity index (χ0v) is 17.4. The monoisotopic (exact) mass is 409 g/mol. The Balaban J connectivity index is 1.93. The maximum absolute atomic E-state index is 12.9. The molecule has 0 N–H and O–H groups in total. The molecule has 1 atom stereocenters. The van der Waals surface area contributed by atoms with Crippen LogP contribution in [0.2, 0.25) is 0 Å². The number of aryl methyl sites for hydroxylation is 1. The minimum atomic E-state index is -1.17. The lowest BCUT2D eigenvalue weighted by Crippen LogP contribution is -2.28. The predicted octanol–water partition coefficient (Wildman–Crippen LogP) is 2.61. The molecule has 2 aromatic rings. The lowest BCUT2D eigenvalue weighted by Gasteiger charge is -2.24. The molecule has 0 radical (unpaired) electrons. The zero-order valence-electron chi connectivity index (χ0n) is 17.4. The van der Waals surface area contributed by atoms with Crippen LogP contribution in [0.25, 0.3) is 0 Å². The molecule has 0 unspecified atom stereocenters. The van der Waals surface area contributed by atoms with Crippen molar-refractivity contribution in [3.8, 4) is 11.5 Å². The van der Waals surface area contributed by atoms with Gasteiger partial charge in [0.25, 0.3) is 0 Å². The van der Waals surface area contributed by atoms with Crippen LogP contribution in [0.15, 0.2) is 47.6 Å². The second kappa shape index (κ2) is 9.43. The van der Waals surface area contributed by atoms with Gasteiger partial charge in [0.1, 0.15) is 11.5 Å². The zero-order chi connectivity index (χ0) is 21.7. The van der Waals surface area contributed by atoms with Crippen molar-refractivity contribution < 1.29 is 24.2 Å². The SMILES string of the molecule is COc1ccc([C@@H]2CC(c3ccc(C)cc3)=NN2C(=O)CCCC(=O)[O-])c(OC)c1. The van der Waals surface area contributed by atoms with Crippen LogP contribution in [0.4, 0.5) is 0 Å². The summed E-state index contributed by atoms with van der Waals surface area (Å²) in [5.41, 5.74) is 3.70. The van der Waals surface area contributed by atoms with Gasteiger partial charge in [0.2, 0.25) is 5.91 Å². The number of carboxylic acid groups (broad SMARTS) is 1. The van der Waals surface area contributed by atoms with E-state index in [0.717, 1.165) is 22.4 Å². The van der Waals surface area contributed by atoms with E-state index in [1.807, 2.05) is 43.3 Å². The molecular formula is C23H25N2O5-. The van der Waals surface area contributed by atoms with E-state index in [1.54, 1.807) is 20.3 Å². The molecule has 0 aliphatic carbocycles. The number of carboxylic acids is 1. The number of amides is 1. The molecule has 2 aromatic carbocycles. The average Bonchev–Trinajstić information content (AvgIpc) is 3.18. The van der Waals surface area contributed by atoms with Crippen molar-refractivity contribution in [1.82, 2.24) is 5.01 Å². The first-order valence-corrected chi connectivity index (χ1v) is 9.81. The molecule has 158 valence electrons. The Morgan fingerprint density at radius 3 is 2.47 bits per heavy atom. The molecule has 0 aromatic heterocycles. The molecule has 0 saturated carbocycles. The van der Waals surface area contributed by atoms with Crippen molar-refractivity contribution >= 4 is 17.6 Å². The Bertz CT molecular complexity index is 953. The van der Waals surface area contributed by atoms with Crippen LogP contribution in [-0.4, -0.2) is 36.8 Å². The Hall–Kier alpha value is -3.35. The second-order valence-electron chi connectivity index (χ2n) is 7.20. The van der Waals surface area contributed by atoms with Crippen LogP contribution in [-0.2, 0) is 9.59 Å². The van der Waals surface area contributed by atoms with Gasteiger partial charge in [-0.05, 0) is 37.5 Å². The summed E-state index contributed by atoms with van der Waals surface area (Å²) in [5, 5.41) is 16.8. The largest absolute Gasteiger partial charge is 0.550 e. The summed E-state index contributed by atoms with van der Waals surface area (Å²) in [6.07, 6.45) is 0.649. The van der Waals surface area contributed by atoms with Gasteiger partial charge in [-0.25, -0.2) is 5.01 Å². The first kappa shape index (κ1) is 21.4. The van der Waals surface area contributed by atoms with Gasteiger partial charge in [0.05, 0.1) is 26.0 Å². The van der Waals surface area contributed by atoms with Gasteiger partial charge in [0, 0.05) is 30.4 Å². The smallest absolute Gasteiger partial charge is 0.243 e. The summed E-state index contributed by atoms with van der Waals surface area (Å²) in [5.74, 6) is -0.143. The standard InChI is InChI=1S/C23H26N2O5/c1-15-7-9-16(10-8-15)19-14-20(18-12-11-17(29-2)13-21(18)30-3)25(24-19)22(26)5-4-6-23(27)28/h7-13,20H,4-6,14H2,1-3H3,(H,27,28)/p-1/t20-/m0/s1. The number of ether oxygens (including phenoxy) is 2. The summed E-state index contributed by atoms with van der Waals surface area (Å²) in [6.45, 7) is 2.01. The maximum atomic E-state index is 12.9. The molecule has 0 saturated heterocycles. The highest BCUT2D eigenvalue weighted by Gasteiger charge is 2.34. The quantitative estimate of drug-likeness (QED) is 0.668. The lowest BCUT2D eigenvalue weighted by atomic mass is 9.97. The van der Waals surface area contributed by atoms with Crippen molar-refractivity contribution in [3.63, 3.8) is 0 Å². The molecule has 1 aliphatic rings. The van der Waals surface area contributed by atoms with Gasteiger partial charge in [-0.2, -0.15) is 5.10 Å². The number of aliphatic carboxylic acids is 1. The minimum absolute atomic E-state index is 0.0770. The topological polar surface area (TPSA) is 91.3 Å². The normalized spacial score (nSPS) is 15.6. The van der Waals surface area contributed by atoms with E-state index < -0.39 is 5.97 Å². The van der Waals surface area contributed by atoms with Crippen LogP contribution in [0.3, 0.4) is 0 Å². The fourth-order valence-electron chi connectivity index (χ4n) is 3.50. The predicted molar refractivity (Wildman–Crippen MR) is 110 cm³/mol. The Morgan fingerprint density at radius 2 is 1.83 bits per heavy atom. The number of benzene rings is 2. The van der Waals surface area contributed by atoms with Crippen LogP contribution in [0.1, 0.15) is 48.4 Å². The molecule has 7 heteroatoms. The number of rotatable bonds is 8. The highest BCUT2D eigenvalue weighted by molar-refractivity contribution is 6.03. The highest BCUT2D eigenvalue weighted by Crippen LogP contribution is 2.39. The van der Waals surface area contributed by atoms with E-state index in [0.29, 0.717) is 17.9 Å². The van der Waals surface area contributed by atoms with E-state index in [-0.39, 0.29) is 31.2 Å². The third-order valence-electron chi connectivity index (χ3n) is 5.12. The van der Waals surface area contributed by atoms with Gasteiger partial charge in [0.15, 0.2) is 0 Å². The number of hydrazone groups is 1. The fourth-order valence-corrected chi connectivity index (χ4v) is 3.50. The second-order valence-corrected chi connectivity index (χ2v) is 7.20. The summed E-state index contributed by atoms with van der Waals surface area (Å²) >= 11 is 0. The first-order chi connectivity index (χ1) is 14.4. The molecule has 0 spiro atoms. The van der Waals surface area contributed by atoms with Gasteiger partial charge in [-0.15, -0.1) is 0 Å². The van der Waals surface area contributed by atoms with Crippen molar-refractivity contribution in [3.05, 3.63) is 59.2 Å². The number of methoxy groups -OCH3 is 2. The van der Waals surface area contributed by atoms with E-state index in [1.165, 1.54) is 5.01 Å². The number of carbonyl (C=O) groups is 2. The Kier molecular flexibility index (Phi) is 6.72. The molecule has 1 amide bonds. The lowest BCUT2D eigenvalue weighted by molar-refractivity contribution is -0.305. The molecule has 0 bridgehead atoms. The van der Waals surface area contributed by atoms with Crippen molar-refractivity contribution in [2.24, 2.45) is 5.10 Å². The Morgan fingerprint density at radius 1 is 1.10 bits per heavy atom. The number of hydrogen-bond donors (Lipinski definition) is 0. The first-order valence-electron chi connectivity index (χ1n) is 9.81. The molecule has 0 fully saturated rings. The van der Waals surface area contributed by atoms with Crippen molar-refractivity contribution in [2.45, 2.75) is 38.6 Å². The number of nitrogens with zero attached hydrogens (tertiary/aromatic N) is 2. The summed E-state index contributed by atoms with van der Waals surface area (Å²) in [4.78, 5) is 23.6. The number of carbonyl (C=O) groups excluding carboxylic acids is 2. The highest BCUT2D eigenvalue weighted by atomic mass is 16.5. The summed E-state index contributed by atoms with van der Waals surface area (Å²) in [6, 6.07) is 13.1. The van der Waals surface area contributed by atoms with Crippen LogP contribution in [0, 0.1) is 6.92 Å². The number of hydrogen-bond acceptors (Lipinski definition) is 6. The summed E-state index contributed by atoms with van der Waals surface area (Å²) < 4.78 is 10.8. The third-order valence-corrected chi connectivity index (χ3v) is 5.12. The third kappa shape index (κ3) is 4.79. The molecule has 7 nitrogen and oxygen atoms in total. The van der Waals surface area contributed by atoms with Gasteiger partial charge in [-0.1, -0.05) is 29.8 Å². The minimum Gasteiger partial charge on any atom is -0.550 e. The van der Waals surface area contributed by atoms with Crippen LogP contribution >= 0.6 is 0 Å². The van der Waals surface area contributed by atoms with Gasteiger partial charge >= 0.3 is 0 Å². The molecule has 3 rings (SSSR count). The average molecular weight is 409 g/mol. The van der Waals surface area contributed by atoms with Crippen molar-refractivity contribution in [2.75, 3.05) is 14.2 Å². The maximum Gasteiger partial charge on any atom is 0.243 e. The Labute approximate surface area is 175 Å². The van der Waals surface area contributed by atoms with Gasteiger partial charge in [-0.3, -0.25) is 4.79 Å². The molecule has 1 aliphatic heterocycles.